The summed E-state index contributed by atoms with van der Waals surface area (Å²) in [5, 5.41) is 1.27. The molecule has 0 bridgehead atoms. The minimum atomic E-state index is 0.694. The van der Waals surface area contributed by atoms with E-state index >= 15 is 0 Å². The van der Waals surface area contributed by atoms with Crippen molar-refractivity contribution in [1.29, 1.82) is 0 Å². The van der Waals surface area contributed by atoms with E-state index in [4.69, 9.17) is 5.73 Å². The van der Waals surface area contributed by atoms with E-state index < -0.39 is 0 Å². The average molecular weight is 265 g/mol. The number of nitrogens with two attached hydrogens (primary N) is 1. The SMILES string of the molecule is Cc1cccnc1Cn1ccc2cc(CCN)ccc21. The van der Waals surface area contributed by atoms with Crippen LogP contribution in [0.5, 0.6) is 0 Å². The lowest BCUT2D eigenvalue weighted by Crippen LogP contribution is -2.03. The summed E-state index contributed by atoms with van der Waals surface area (Å²) in [5.74, 6) is 0. The van der Waals surface area contributed by atoms with Crippen LogP contribution in [0.1, 0.15) is 16.8 Å². The Balaban J connectivity index is 1.95. The Bertz CT molecular complexity index is 728. The molecule has 102 valence electrons. The van der Waals surface area contributed by atoms with E-state index in [1.54, 1.807) is 0 Å². The van der Waals surface area contributed by atoms with Crippen LogP contribution in [0.15, 0.2) is 48.8 Å². The van der Waals surface area contributed by atoms with Gasteiger partial charge in [0.05, 0.1) is 12.2 Å². The maximum atomic E-state index is 5.62. The fraction of sp³-hybridized carbons (Fsp3) is 0.235. The van der Waals surface area contributed by atoms with Crippen LogP contribution in [-0.2, 0) is 13.0 Å². The Kier molecular flexibility index (Phi) is 3.52. The monoisotopic (exact) mass is 265 g/mol. The molecule has 0 saturated heterocycles. The zero-order valence-corrected chi connectivity index (χ0v) is 11.7. The van der Waals surface area contributed by atoms with Crippen molar-refractivity contribution in [2.75, 3.05) is 6.54 Å². The standard InChI is InChI=1S/C17H19N3/c1-13-3-2-9-19-16(13)12-20-10-7-15-11-14(6-8-18)4-5-17(15)20/h2-5,7,9-11H,6,8,12,18H2,1H3. The molecule has 0 radical (unpaired) electrons. The van der Waals surface area contributed by atoms with E-state index in [9.17, 15) is 0 Å². The van der Waals surface area contributed by atoms with Crippen LogP contribution in [0.4, 0.5) is 0 Å². The van der Waals surface area contributed by atoms with Crippen molar-refractivity contribution in [3.05, 3.63) is 65.6 Å². The van der Waals surface area contributed by atoms with E-state index in [0.29, 0.717) is 6.54 Å². The Hall–Kier alpha value is -2.13. The molecular formula is C17H19N3. The first kappa shape index (κ1) is 12.9. The molecule has 0 fully saturated rings. The van der Waals surface area contributed by atoms with Gasteiger partial charge >= 0.3 is 0 Å². The number of aryl methyl sites for hydroxylation is 1. The third-order valence-corrected chi connectivity index (χ3v) is 3.71. The summed E-state index contributed by atoms with van der Waals surface area (Å²) in [6, 6.07) is 12.8. The molecule has 3 nitrogen and oxygen atoms in total. The van der Waals surface area contributed by atoms with E-state index in [2.05, 4.69) is 53.0 Å². The van der Waals surface area contributed by atoms with Gasteiger partial charge in [-0.15, -0.1) is 0 Å². The topological polar surface area (TPSA) is 43.8 Å². The first-order valence-electron chi connectivity index (χ1n) is 6.96. The number of fused-ring (bicyclic) bond motifs is 1. The van der Waals surface area contributed by atoms with Gasteiger partial charge in [-0.05, 0) is 60.7 Å². The Morgan fingerprint density at radius 1 is 1.20 bits per heavy atom. The van der Waals surface area contributed by atoms with Crippen LogP contribution < -0.4 is 5.73 Å². The van der Waals surface area contributed by atoms with Gasteiger partial charge in [-0.1, -0.05) is 12.1 Å². The second-order valence-corrected chi connectivity index (χ2v) is 5.14. The van der Waals surface area contributed by atoms with Crippen LogP contribution in [0.25, 0.3) is 10.9 Å². The maximum absolute atomic E-state index is 5.62. The molecule has 0 aliphatic carbocycles. The van der Waals surface area contributed by atoms with Gasteiger partial charge in [0, 0.05) is 17.9 Å². The second kappa shape index (κ2) is 5.47. The van der Waals surface area contributed by atoms with Crippen molar-refractivity contribution in [1.82, 2.24) is 9.55 Å². The number of rotatable bonds is 4. The molecule has 0 unspecified atom stereocenters. The molecule has 0 saturated carbocycles. The molecule has 0 spiro atoms. The first-order chi connectivity index (χ1) is 9.78. The number of hydrogen-bond acceptors (Lipinski definition) is 2. The van der Waals surface area contributed by atoms with Crippen molar-refractivity contribution < 1.29 is 0 Å². The van der Waals surface area contributed by atoms with Gasteiger partial charge in [0.15, 0.2) is 0 Å². The molecule has 0 aliphatic rings. The van der Waals surface area contributed by atoms with Crippen molar-refractivity contribution in [2.24, 2.45) is 5.73 Å². The lowest BCUT2D eigenvalue weighted by atomic mass is 10.1. The molecule has 3 aromatic rings. The van der Waals surface area contributed by atoms with Gasteiger partial charge in [-0.25, -0.2) is 0 Å². The summed E-state index contributed by atoms with van der Waals surface area (Å²) in [7, 11) is 0. The fourth-order valence-electron chi connectivity index (χ4n) is 2.55. The molecular weight excluding hydrogens is 246 g/mol. The second-order valence-electron chi connectivity index (χ2n) is 5.14. The maximum Gasteiger partial charge on any atom is 0.0651 e. The highest BCUT2D eigenvalue weighted by Crippen LogP contribution is 2.19. The zero-order chi connectivity index (χ0) is 13.9. The van der Waals surface area contributed by atoms with E-state index in [0.717, 1.165) is 18.7 Å². The molecule has 0 aliphatic heterocycles. The van der Waals surface area contributed by atoms with Gasteiger partial charge < -0.3 is 10.3 Å². The van der Waals surface area contributed by atoms with Crippen LogP contribution in [0.2, 0.25) is 0 Å². The highest BCUT2D eigenvalue weighted by Gasteiger charge is 2.05. The van der Waals surface area contributed by atoms with Crippen molar-refractivity contribution in [2.45, 2.75) is 19.9 Å². The summed E-state index contributed by atoms with van der Waals surface area (Å²) < 4.78 is 2.25. The van der Waals surface area contributed by atoms with Gasteiger partial charge in [0.1, 0.15) is 0 Å². The number of pyridine rings is 1. The lowest BCUT2D eigenvalue weighted by molar-refractivity contribution is 0.799. The van der Waals surface area contributed by atoms with Crippen molar-refractivity contribution in [3.8, 4) is 0 Å². The van der Waals surface area contributed by atoms with E-state index in [-0.39, 0.29) is 0 Å². The fourth-order valence-corrected chi connectivity index (χ4v) is 2.55. The zero-order valence-electron chi connectivity index (χ0n) is 11.7. The predicted octanol–water partition coefficient (Wildman–Crippen LogP) is 2.89. The van der Waals surface area contributed by atoms with Gasteiger partial charge in [-0.2, -0.15) is 0 Å². The third-order valence-electron chi connectivity index (χ3n) is 3.71. The molecule has 20 heavy (non-hydrogen) atoms. The van der Waals surface area contributed by atoms with Crippen LogP contribution >= 0.6 is 0 Å². The van der Waals surface area contributed by atoms with Crippen LogP contribution in [0, 0.1) is 6.92 Å². The Morgan fingerprint density at radius 3 is 2.90 bits per heavy atom. The molecule has 0 amide bonds. The van der Waals surface area contributed by atoms with Gasteiger partial charge in [0.2, 0.25) is 0 Å². The van der Waals surface area contributed by atoms with E-state index in [1.165, 1.54) is 22.0 Å². The Morgan fingerprint density at radius 2 is 2.10 bits per heavy atom. The highest BCUT2D eigenvalue weighted by molar-refractivity contribution is 5.81. The third kappa shape index (κ3) is 2.45. The summed E-state index contributed by atoms with van der Waals surface area (Å²) in [5.41, 5.74) is 10.5. The molecule has 2 heterocycles. The number of nitrogens with zero attached hydrogens (tertiary/aromatic N) is 2. The molecule has 2 N–H and O–H groups in total. The van der Waals surface area contributed by atoms with Crippen molar-refractivity contribution >= 4 is 10.9 Å². The lowest BCUT2D eigenvalue weighted by Gasteiger charge is -2.08. The highest BCUT2D eigenvalue weighted by atomic mass is 15.0. The van der Waals surface area contributed by atoms with Crippen LogP contribution in [0.3, 0.4) is 0 Å². The van der Waals surface area contributed by atoms with Gasteiger partial charge in [-0.3, -0.25) is 4.98 Å². The van der Waals surface area contributed by atoms with E-state index in [1.807, 2.05) is 12.3 Å². The average Bonchev–Trinajstić information content (AvgIpc) is 2.84. The first-order valence-corrected chi connectivity index (χ1v) is 6.96. The van der Waals surface area contributed by atoms with Crippen molar-refractivity contribution in [3.63, 3.8) is 0 Å². The molecule has 3 heteroatoms. The normalized spacial score (nSPS) is 11.1. The minimum absolute atomic E-state index is 0.694. The Labute approximate surface area is 119 Å². The summed E-state index contributed by atoms with van der Waals surface area (Å²) in [4.78, 5) is 4.47. The van der Waals surface area contributed by atoms with Crippen LogP contribution in [-0.4, -0.2) is 16.1 Å². The summed E-state index contributed by atoms with van der Waals surface area (Å²) in [6.45, 7) is 3.61. The number of benzene rings is 1. The minimum Gasteiger partial charge on any atom is -0.341 e. The molecule has 2 aromatic heterocycles. The molecule has 1 aromatic carbocycles. The molecule has 3 rings (SSSR count). The number of aromatic nitrogens is 2. The smallest absolute Gasteiger partial charge is 0.0651 e. The predicted molar refractivity (Wildman–Crippen MR) is 82.8 cm³/mol. The summed E-state index contributed by atoms with van der Waals surface area (Å²) in [6.07, 6.45) is 4.92. The largest absolute Gasteiger partial charge is 0.341 e. The quantitative estimate of drug-likeness (QED) is 0.788. The summed E-state index contributed by atoms with van der Waals surface area (Å²) >= 11 is 0. The number of hydrogen-bond donors (Lipinski definition) is 1. The molecule has 0 atom stereocenters. The van der Waals surface area contributed by atoms with Gasteiger partial charge in [0.25, 0.3) is 0 Å².